The van der Waals surface area contributed by atoms with E-state index in [0.717, 1.165) is 6.08 Å². The van der Waals surface area contributed by atoms with Gasteiger partial charge in [-0.15, -0.1) is 0 Å². The number of carbonyl (C=O) groups is 2. The largest absolute Gasteiger partial charge is 0.481 e. The summed E-state index contributed by atoms with van der Waals surface area (Å²) in [6.07, 6.45) is 0.884. The van der Waals surface area contributed by atoms with Gasteiger partial charge >= 0.3 is 11.6 Å². The Morgan fingerprint density at radius 1 is 1.57 bits per heavy atom. The molecule has 0 aromatic heterocycles. The molecular weight excluding hydrogens is 190 g/mol. The highest BCUT2D eigenvalue weighted by molar-refractivity contribution is 6.21. The van der Waals surface area contributed by atoms with Gasteiger partial charge in [0.1, 0.15) is 5.57 Å². The molecule has 0 fully saturated rings. The smallest absolute Gasteiger partial charge is 0.462 e. The van der Waals surface area contributed by atoms with Gasteiger partial charge in [0.15, 0.2) is 4.98 Å². The second-order valence-electron chi connectivity index (χ2n) is 2.33. The lowest BCUT2D eigenvalue weighted by Crippen LogP contribution is -2.22. The SMILES string of the molecule is CO/C(O)=C/C1=C([N+]#N)C(=O)NC1=O. The van der Waals surface area contributed by atoms with Crippen LogP contribution in [0.3, 0.4) is 0 Å². The zero-order chi connectivity index (χ0) is 10.7. The van der Waals surface area contributed by atoms with E-state index in [0.29, 0.717) is 0 Å². The average Bonchev–Trinajstić information content (AvgIpc) is 2.41. The van der Waals surface area contributed by atoms with Crippen LogP contribution in [0.25, 0.3) is 4.98 Å². The van der Waals surface area contributed by atoms with Crippen LogP contribution in [0, 0.1) is 5.39 Å². The molecule has 2 N–H and O–H groups in total. The molecule has 0 aliphatic carbocycles. The second-order valence-corrected chi connectivity index (χ2v) is 2.33. The maximum Gasteiger partial charge on any atom is 0.462 e. The van der Waals surface area contributed by atoms with Crippen LogP contribution in [0.5, 0.6) is 0 Å². The van der Waals surface area contributed by atoms with Crippen molar-refractivity contribution >= 4 is 11.8 Å². The van der Waals surface area contributed by atoms with Gasteiger partial charge in [-0.3, -0.25) is 14.9 Å². The summed E-state index contributed by atoms with van der Waals surface area (Å²) >= 11 is 0. The minimum Gasteiger partial charge on any atom is -0.481 e. The van der Waals surface area contributed by atoms with E-state index in [9.17, 15) is 9.59 Å². The van der Waals surface area contributed by atoms with Crippen molar-refractivity contribution in [2.24, 2.45) is 0 Å². The third-order valence-electron chi connectivity index (χ3n) is 1.52. The van der Waals surface area contributed by atoms with Crippen LogP contribution in [0.1, 0.15) is 0 Å². The molecule has 0 unspecified atom stereocenters. The number of nitrogens with one attached hydrogen (secondary N) is 1. The number of methoxy groups -OCH3 is 1. The maximum atomic E-state index is 11.0. The molecule has 2 amide bonds. The topological polar surface area (TPSA) is 104 Å². The Labute approximate surface area is 78.3 Å². The molecule has 7 nitrogen and oxygen atoms in total. The van der Waals surface area contributed by atoms with Crippen LogP contribution < -0.4 is 5.32 Å². The first-order valence-electron chi connectivity index (χ1n) is 3.50. The lowest BCUT2D eigenvalue weighted by Gasteiger charge is -1.93. The van der Waals surface area contributed by atoms with Crippen molar-refractivity contribution in [2.75, 3.05) is 7.11 Å². The minimum absolute atomic E-state index is 0.253. The number of diazo groups is 1. The molecule has 0 bridgehead atoms. The fourth-order valence-electron chi connectivity index (χ4n) is 0.875. The van der Waals surface area contributed by atoms with Gasteiger partial charge in [-0.2, -0.15) is 0 Å². The molecular formula is C7H6N3O4+. The Balaban J connectivity index is 3.18. The highest BCUT2D eigenvalue weighted by Gasteiger charge is 2.40. The molecule has 0 radical (unpaired) electrons. The first-order chi connectivity index (χ1) is 6.60. The van der Waals surface area contributed by atoms with E-state index in [1.807, 2.05) is 5.32 Å². The standard InChI is InChI=1S/C7H5N3O4/c1-14-4(11)2-3-5(10-8)7(13)9-6(3)12/h2H,1H3,(H-,9,11,12,13)/p+1. The van der Waals surface area contributed by atoms with Crippen molar-refractivity contribution in [3.05, 3.63) is 28.3 Å². The Morgan fingerprint density at radius 2 is 2.21 bits per heavy atom. The van der Waals surface area contributed by atoms with Gasteiger partial charge in [-0.05, 0) is 0 Å². The van der Waals surface area contributed by atoms with Gasteiger partial charge in [0.05, 0.1) is 7.11 Å². The van der Waals surface area contributed by atoms with Crippen LogP contribution in [0.4, 0.5) is 0 Å². The highest BCUT2D eigenvalue weighted by Crippen LogP contribution is 2.16. The summed E-state index contributed by atoms with van der Waals surface area (Å²) < 4.78 is 4.36. The van der Waals surface area contributed by atoms with Crippen LogP contribution in [-0.4, -0.2) is 24.0 Å². The van der Waals surface area contributed by atoms with Crippen LogP contribution in [0.15, 0.2) is 23.3 Å². The van der Waals surface area contributed by atoms with Gasteiger partial charge in [0.25, 0.3) is 11.9 Å². The van der Waals surface area contributed by atoms with Crippen molar-refractivity contribution in [3.8, 4) is 0 Å². The first-order valence-corrected chi connectivity index (χ1v) is 3.50. The Hall–Kier alpha value is -2.36. The fraction of sp³-hybridized carbons (Fsp3) is 0.143. The number of aliphatic hydroxyl groups is 1. The zero-order valence-corrected chi connectivity index (χ0v) is 7.14. The fourth-order valence-corrected chi connectivity index (χ4v) is 0.875. The first kappa shape index (κ1) is 9.73. The number of amides is 2. The number of aliphatic hydroxyl groups excluding tert-OH is 1. The van der Waals surface area contributed by atoms with Crippen molar-refractivity contribution in [1.82, 2.24) is 5.32 Å². The van der Waals surface area contributed by atoms with Crippen LogP contribution in [-0.2, 0) is 14.3 Å². The summed E-state index contributed by atoms with van der Waals surface area (Å²) in [5.74, 6) is -2.15. The van der Waals surface area contributed by atoms with Gasteiger partial charge in [0, 0.05) is 6.08 Å². The predicted molar refractivity (Wildman–Crippen MR) is 43.0 cm³/mol. The molecule has 1 aliphatic rings. The average molecular weight is 196 g/mol. The number of hydrogen-bond acceptors (Lipinski definition) is 5. The molecule has 0 spiro atoms. The van der Waals surface area contributed by atoms with Crippen LogP contribution >= 0.6 is 0 Å². The molecule has 1 aliphatic heterocycles. The van der Waals surface area contributed by atoms with Gasteiger partial charge < -0.3 is 9.84 Å². The summed E-state index contributed by atoms with van der Waals surface area (Å²) in [7, 11) is 1.18. The summed E-state index contributed by atoms with van der Waals surface area (Å²) in [6, 6.07) is 0. The molecule has 7 heteroatoms. The predicted octanol–water partition coefficient (Wildman–Crippen LogP) is -0.204. The molecule has 1 rings (SSSR count). The molecule has 0 atom stereocenters. The van der Waals surface area contributed by atoms with Crippen molar-refractivity contribution in [2.45, 2.75) is 0 Å². The number of carbonyl (C=O) groups excluding carboxylic acids is 2. The van der Waals surface area contributed by atoms with Crippen molar-refractivity contribution in [1.29, 1.82) is 5.39 Å². The maximum absolute atomic E-state index is 11.0. The molecule has 14 heavy (non-hydrogen) atoms. The summed E-state index contributed by atoms with van der Waals surface area (Å²) in [5, 5.41) is 19.2. The number of ether oxygens (including phenoxy) is 1. The van der Waals surface area contributed by atoms with E-state index in [-0.39, 0.29) is 5.57 Å². The van der Waals surface area contributed by atoms with Crippen LogP contribution in [0.2, 0.25) is 0 Å². The minimum atomic E-state index is -0.826. The Bertz CT molecular complexity index is 402. The lowest BCUT2D eigenvalue weighted by atomic mass is 10.2. The number of hydrogen-bond donors (Lipinski definition) is 2. The lowest BCUT2D eigenvalue weighted by molar-refractivity contribution is -0.124. The monoisotopic (exact) mass is 196 g/mol. The summed E-state index contributed by atoms with van der Waals surface area (Å²) in [5.41, 5.74) is -0.713. The van der Waals surface area contributed by atoms with Crippen molar-refractivity contribution in [3.63, 3.8) is 0 Å². The number of rotatable bonds is 2. The van der Waals surface area contributed by atoms with E-state index >= 15 is 0 Å². The zero-order valence-electron chi connectivity index (χ0n) is 7.14. The number of nitrogens with zero attached hydrogens (tertiary/aromatic N) is 2. The number of imide groups is 1. The summed E-state index contributed by atoms with van der Waals surface area (Å²) in [4.78, 5) is 24.6. The quantitative estimate of drug-likeness (QED) is 0.361. The molecule has 0 saturated heterocycles. The van der Waals surface area contributed by atoms with E-state index < -0.39 is 23.5 Å². The molecule has 1 heterocycles. The Morgan fingerprint density at radius 3 is 2.71 bits per heavy atom. The Kier molecular flexibility index (Phi) is 2.48. The van der Waals surface area contributed by atoms with E-state index in [1.165, 1.54) is 7.11 Å². The van der Waals surface area contributed by atoms with Gasteiger partial charge in [-0.25, -0.2) is 0 Å². The third-order valence-corrected chi connectivity index (χ3v) is 1.52. The van der Waals surface area contributed by atoms with Gasteiger partial charge in [-0.1, -0.05) is 0 Å². The van der Waals surface area contributed by atoms with Crippen molar-refractivity contribution < 1.29 is 19.4 Å². The van der Waals surface area contributed by atoms with E-state index in [4.69, 9.17) is 10.5 Å². The molecule has 72 valence electrons. The molecule has 0 aromatic carbocycles. The van der Waals surface area contributed by atoms with E-state index in [1.54, 1.807) is 0 Å². The normalized spacial score (nSPS) is 16.7. The molecule has 0 saturated carbocycles. The highest BCUT2D eigenvalue weighted by atomic mass is 16.6. The molecule has 0 aromatic rings. The second kappa shape index (κ2) is 3.57. The van der Waals surface area contributed by atoms with E-state index in [2.05, 4.69) is 9.71 Å². The summed E-state index contributed by atoms with van der Waals surface area (Å²) in [6.45, 7) is 0. The van der Waals surface area contributed by atoms with Gasteiger partial charge in [0.2, 0.25) is 5.39 Å². The third kappa shape index (κ3) is 1.54.